The van der Waals surface area contributed by atoms with E-state index in [4.69, 9.17) is 4.98 Å². The summed E-state index contributed by atoms with van der Waals surface area (Å²) in [4.78, 5) is 11.3. The van der Waals surface area contributed by atoms with Gasteiger partial charge in [-0.3, -0.25) is 0 Å². The number of nitrogens with zero attached hydrogens (tertiary/aromatic N) is 4. The van der Waals surface area contributed by atoms with Crippen molar-refractivity contribution in [3.8, 4) is 16.9 Å². The number of aromatic nitrogens is 3. The van der Waals surface area contributed by atoms with Crippen molar-refractivity contribution in [1.29, 1.82) is 0 Å². The van der Waals surface area contributed by atoms with Gasteiger partial charge in [0.1, 0.15) is 0 Å². The van der Waals surface area contributed by atoms with Crippen molar-refractivity contribution in [3.63, 3.8) is 0 Å². The van der Waals surface area contributed by atoms with E-state index in [0.29, 0.717) is 0 Å². The lowest BCUT2D eigenvalue weighted by Crippen LogP contribution is -2.15. The van der Waals surface area contributed by atoms with Crippen LogP contribution < -0.4 is 10.2 Å². The van der Waals surface area contributed by atoms with Crippen molar-refractivity contribution in [2.24, 2.45) is 0 Å². The summed E-state index contributed by atoms with van der Waals surface area (Å²) in [7, 11) is 2.10. The summed E-state index contributed by atoms with van der Waals surface area (Å²) in [6.45, 7) is 7.23. The Labute approximate surface area is 175 Å². The zero-order chi connectivity index (χ0) is 20.4. The minimum Gasteiger partial charge on any atom is -0.375 e. The van der Waals surface area contributed by atoms with E-state index in [9.17, 15) is 0 Å². The number of hydrogen-bond donors (Lipinski definition) is 1. The summed E-state index contributed by atoms with van der Waals surface area (Å²) in [5.74, 6) is 0. The zero-order valence-electron chi connectivity index (χ0n) is 17.2. The maximum absolute atomic E-state index is 4.79. The van der Waals surface area contributed by atoms with Gasteiger partial charge in [0, 0.05) is 47.8 Å². The van der Waals surface area contributed by atoms with E-state index in [-0.39, 0.29) is 0 Å². The maximum atomic E-state index is 4.79. The lowest BCUT2D eigenvalue weighted by Gasteiger charge is -2.18. The number of nitrogens with one attached hydrogen (secondary N) is 1. The second kappa shape index (κ2) is 8.09. The van der Waals surface area contributed by atoms with E-state index < -0.39 is 0 Å². The molecule has 2 aromatic heterocycles. The Balaban J connectivity index is 1.53. The first-order valence-electron chi connectivity index (χ1n) is 9.69. The molecule has 2 aromatic carbocycles. The molecule has 29 heavy (non-hydrogen) atoms. The number of thiazole rings is 1. The predicted octanol–water partition coefficient (Wildman–Crippen LogP) is 5.81. The molecular weight excluding hydrogens is 378 g/mol. The highest BCUT2D eigenvalue weighted by Gasteiger charge is 2.09. The highest BCUT2D eigenvalue weighted by molar-refractivity contribution is 7.14. The van der Waals surface area contributed by atoms with E-state index in [1.165, 1.54) is 11.3 Å². The molecule has 5 nitrogen and oxygen atoms in total. The molecule has 4 rings (SSSR count). The third-order valence-electron chi connectivity index (χ3n) is 5.05. The summed E-state index contributed by atoms with van der Waals surface area (Å²) in [6, 6.07) is 14.9. The monoisotopic (exact) mass is 403 g/mol. The van der Waals surface area contributed by atoms with E-state index in [1.807, 2.05) is 24.0 Å². The maximum Gasteiger partial charge on any atom is 0.187 e. The molecule has 0 aliphatic carbocycles. The van der Waals surface area contributed by atoms with E-state index in [1.54, 1.807) is 11.3 Å². The van der Waals surface area contributed by atoms with Crippen LogP contribution in [0.15, 0.2) is 60.4 Å². The molecule has 0 saturated carbocycles. The molecule has 0 spiro atoms. The molecule has 0 aliphatic rings. The van der Waals surface area contributed by atoms with Crippen molar-refractivity contribution in [2.45, 2.75) is 20.8 Å². The topological polar surface area (TPSA) is 46.0 Å². The van der Waals surface area contributed by atoms with Gasteiger partial charge in [-0.25, -0.2) is 9.97 Å². The van der Waals surface area contributed by atoms with Crippen LogP contribution in [0.5, 0.6) is 0 Å². The molecule has 148 valence electrons. The number of aryl methyl sites for hydroxylation is 2. The van der Waals surface area contributed by atoms with Crippen LogP contribution in [-0.4, -0.2) is 28.1 Å². The van der Waals surface area contributed by atoms with Gasteiger partial charge in [-0.05, 0) is 50.6 Å². The van der Waals surface area contributed by atoms with Crippen molar-refractivity contribution >= 4 is 27.8 Å². The molecule has 0 unspecified atom stereocenters. The minimum absolute atomic E-state index is 0.897. The average Bonchev–Trinajstić information content (AvgIpc) is 3.38. The minimum atomic E-state index is 0.897. The SMILES string of the molecule is CCN(C)c1ccc(C)c(Nc2nc(-c3ccc(-n4cnc(C)c4)cc3)cs2)c1. The Kier molecular flexibility index (Phi) is 5.36. The highest BCUT2D eigenvalue weighted by atomic mass is 32.1. The third-order valence-corrected chi connectivity index (χ3v) is 5.81. The van der Waals surface area contributed by atoms with Crippen molar-refractivity contribution in [1.82, 2.24) is 14.5 Å². The Morgan fingerprint density at radius 3 is 2.59 bits per heavy atom. The van der Waals surface area contributed by atoms with Gasteiger partial charge < -0.3 is 14.8 Å². The number of benzene rings is 2. The summed E-state index contributed by atoms with van der Waals surface area (Å²) in [5.41, 5.74) is 7.67. The molecule has 0 radical (unpaired) electrons. The first-order valence-corrected chi connectivity index (χ1v) is 10.6. The van der Waals surface area contributed by atoms with Crippen LogP contribution in [0.25, 0.3) is 16.9 Å². The molecule has 0 aliphatic heterocycles. The van der Waals surface area contributed by atoms with Crippen molar-refractivity contribution < 1.29 is 0 Å². The summed E-state index contributed by atoms with van der Waals surface area (Å²) in [5, 5.41) is 6.48. The second-order valence-corrected chi connectivity index (χ2v) is 8.00. The third kappa shape index (κ3) is 4.17. The lowest BCUT2D eigenvalue weighted by molar-refractivity contribution is 0.968. The molecule has 0 bridgehead atoms. The largest absolute Gasteiger partial charge is 0.375 e. The number of hydrogen-bond acceptors (Lipinski definition) is 5. The van der Waals surface area contributed by atoms with E-state index in [0.717, 1.165) is 40.0 Å². The number of rotatable bonds is 6. The summed E-state index contributed by atoms with van der Waals surface area (Å²) in [6.07, 6.45) is 3.86. The molecule has 0 atom stereocenters. The average molecular weight is 404 g/mol. The molecule has 2 heterocycles. The highest BCUT2D eigenvalue weighted by Crippen LogP contribution is 2.30. The second-order valence-electron chi connectivity index (χ2n) is 7.15. The molecular formula is C23H25N5S. The fraction of sp³-hybridized carbons (Fsp3) is 0.217. The van der Waals surface area contributed by atoms with Crippen LogP contribution in [0, 0.1) is 13.8 Å². The van der Waals surface area contributed by atoms with Crippen LogP contribution in [0.1, 0.15) is 18.2 Å². The van der Waals surface area contributed by atoms with Gasteiger partial charge in [0.15, 0.2) is 5.13 Å². The number of imidazole rings is 1. The van der Waals surface area contributed by atoms with Gasteiger partial charge in [0.2, 0.25) is 0 Å². The molecule has 6 heteroatoms. The molecule has 0 amide bonds. The van der Waals surface area contributed by atoms with Crippen molar-refractivity contribution in [2.75, 3.05) is 23.8 Å². The quantitative estimate of drug-likeness (QED) is 0.441. The first kappa shape index (κ1) is 19.2. The van der Waals surface area contributed by atoms with Crippen LogP contribution in [0.2, 0.25) is 0 Å². The molecule has 0 fully saturated rings. The molecule has 4 aromatic rings. The summed E-state index contributed by atoms with van der Waals surface area (Å²) < 4.78 is 2.02. The van der Waals surface area contributed by atoms with Crippen LogP contribution in [0.4, 0.5) is 16.5 Å². The normalized spacial score (nSPS) is 10.9. The Bertz CT molecular complexity index is 1110. The fourth-order valence-corrected chi connectivity index (χ4v) is 3.84. The van der Waals surface area contributed by atoms with Gasteiger partial charge in [0.05, 0.1) is 17.7 Å². The number of anilines is 3. The van der Waals surface area contributed by atoms with Gasteiger partial charge in [0.25, 0.3) is 0 Å². The van der Waals surface area contributed by atoms with E-state index in [2.05, 4.69) is 83.9 Å². The van der Waals surface area contributed by atoms with Gasteiger partial charge in [-0.15, -0.1) is 11.3 Å². The predicted molar refractivity (Wildman–Crippen MR) is 123 cm³/mol. The van der Waals surface area contributed by atoms with Crippen LogP contribution in [0.3, 0.4) is 0 Å². The molecule has 1 N–H and O–H groups in total. The van der Waals surface area contributed by atoms with Crippen LogP contribution >= 0.6 is 11.3 Å². The Morgan fingerprint density at radius 2 is 1.90 bits per heavy atom. The van der Waals surface area contributed by atoms with Gasteiger partial charge >= 0.3 is 0 Å². The van der Waals surface area contributed by atoms with E-state index >= 15 is 0 Å². The lowest BCUT2D eigenvalue weighted by atomic mass is 10.1. The smallest absolute Gasteiger partial charge is 0.187 e. The van der Waals surface area contributed by atoms with Gasteiger partial charge in [-0.2, -0.15) is 0 Å². The van der Waals surface area contributed by atoms with Crippen molar-refractivity contribution in [3.05, 3.63) is 71.6 Å². The zero-order valence-corrected chi connectivity index (χ0v) is 18.0. The Hall–Kier alpha value is -3.12. The fourth-order valence-electron chi connectivity index (χ4n) is 3.11. The first-order chi connectivity index (χ1) is 14.0. The molecule has 0 saturated heterocycles. The summed E-state index contributed by atoms with van der Waals surface area (Å²) >= 11 is 1.62. The van der Waals surface area contributed by atoms with Gasteiger partial charge in [-0.1, -0.05) is 18.2 Å². The van der Waals surface area contributed by atoms with Crippen LogP contribution in [-0.2, 0) is 0 Å². The Morgan fingerprint density at radius 1 is 1.10 bits per heavy atom. The standard InChI is InChI=1S/C23H25N5S/c1-5-27(4)20-9-6-16(2)21(12-20)25-23-26-22(14-29-23)18-7-10-19(11-8-18)28-13-17(3)24-15-28/h6-15H,5H2,1-4H3,(H,25,26).